The summed E-state index contributed by atoms with van der Waals surface area (Å²) < 4.78 is 22.0. The van der Waals surface area contributed by atoms with Gasteiger partial charge in [-0.1, -0.05) is 0 Å². The predicted octanol–water partition coefficient (Wildman–Crippen LogP) is 2.53. The van der Waals surface area contributed by atoms with Crippen LogP contribution in [0.2, 0.25) is 0 Å². The number of ether oxygens (including phenoxy) is 1. The Balaban J connectivity index is 1.20. The van der Waals surface area contributed by atoms with Crippen LogP contribution in [0, 0.1) is 11.3 Å². The van der Waals surface area contributed by atoms with E-state index in [1.165, 1.54) is 0 Å². The second-order valence-corrected chi connectivity index (χ2v) is 11.1. The van der Waals surface area contributed by atoms with Crippen LogP contribution in [-0.2, 0) is 4.79 Å². The molecule has 11 heteroatoms. The number of nitrogens with one attached hydrogen (secondary N) is 2. The van der Waals surface area contributed by atoms with E-state index in [2.05, 4.69) is 31.6 Å². The third-order valence-electron chi connectivity index (χ3n) is 8.33. The maximum atomic E-state index is 14.6. The number of hydrogen-bond acceptors (Lipinski definition) is 8. The molecule has 40 heavy (non-hydrogen) atoms. The Morgan fingerprint density at radius 3 is 2.60 bits per heavy atom. The number of nitriles is 1. The molecule has 10 nitrogen and oxygen atoms in total. The molecule has 6 rings (SSSR count). The predicted molar refractivity (Wildman–Crippen MR) is 149 cm³/mol. The van der Waals surface area contributed by atoms with Crippen LogP contribution in [0.15, 0.2) is 36.8 Å². The Morgan fingerprint density at radius 1 is 1.18 bits per heavy atom. The Kier molecular flexibility index (Phi) is 7.06. The van der Waals surface area contributed by atoms with Crippen molar-refractivity contribution in [2.75, 3.05) is 57.3 Å². The van der Waals surface area contributed by atoms with Crippen LogP contribution in [0.1, 0.15) is 38.2 Å². The molecule has 1 saturated carbocycles. The van der Waals surface area contributed by atoms with Gasteiger partial charge in [-0.3, -0.25) is 9.69 Å². The van der Waals surface area contributed by atoms with E-state index in [0.29, 0.717) is 49.4 Å². The summed E-state index contributed by atoms with van der Waals surface area (Å²) in [6.07, 6.45) is 7.24. The van der Waals surface area contributed by atoms with Gasteiger partial charge in [0.05, 0.1) is 35.6 Å². The average Bonchev–Trinajstić information content (AvgIpc) is 3.60. The largest absolute Gasteiger partial charge is 0.492 e. The number of alkyl halides is 1. The lowest BCUT2D eigenvalue weighted by molar-refractivity contribution is -0.130. The molecule has 0 unspecified atom stereocenters. The first-order valence-corrected chi connectivity index (χ1v) is 14.1. The first-order valence-electron chi connectivity index (χ1n) is 14.1. The Morgan fingerprint density at radius 2 is 1.95 bits per heavy atom. The average molecular weight is 547 g/mol. The molecule has 0 aromatic carbocycles. The Hall–Kier alpha value is -3.75. The molecule has 2 aliphatic heterocycles. The number of hydrogen-bond donors (Lipinski definition) is 2. The van der Waals surface area contributed by atoms with Gasteiger partial charge in [-0.25, -0.2) is 13.9 Å². The zero-order valence-corrected chi connectivity index (χ0v) is 22.8. The van der Waals surface area contributed by atoms with E-state index in [1.54, 1.807) is 16.9 Å². The molecule has 0 atom stereocenters. The molecular formula is C29H35FN8O2. The Labute approximate surface area is 233 Å². The summed E-state index contributed by atoms with van der Waals surface area (Å²) in [5, 5.41) is 20.5. The van der Waals surface area contributed by atoms with Crippen molar-refractivity contribution in [3.63, 3.8) is 0 Å². The van der Waals surface area contributed by atoms with Gasteiger partial charge in [0.15, 0.2) is 5.67 Å². The summed E-state index contributed by atoms with van der Waals surface area (Å²) in [7, 11) is 0. The van der Waals surface area contributed by atoms with Crippen LogP contribution in [0.25, 0.3) is 16.6 Å². The molecule has 2 N–H and O–H groups in total. The Bertz CT molecular complexity index is 1410. The molecular weight excluding hydrogens is 511 g/mol. The van der Waals surface area contributed by atoms with Gasteiger partial charge < -0.3 is 20.3 Å². The topological polar surface area (TPSA) is 111 Å². The number of rotatable bonds is 8. The van der Waals surface area contributed by atoms with Crippen LogP contribution < -0.4 is 20.3 Å². The van der Waals surface area contributed by atoms with Crippen molar-refractivity contribution in [3.05, 3.63) is 42.4 Å². The number of halogens is 1. The standard InChI is InChI=1S/C29H35FN8O2/c1-2-40-23-15-24(26-22(16-31)18-34-38(26)19-23)21-3-4-25(33-17-21)37-11-7-28(8-12-37,20-36-13-9-32-10-14-36)35-27(39)29(30)5-6-29/h3-4,15,17-19,32H,2,5-14,20H2,1H3,(H,35,39). The fourth-order valence-electron chi connectivity index (χ4n) is 5.85. The molecule has 210 valence electrons. The van der Waals surface area contributed by atoms with Gasteiger partial charge in [0.1, 0.15) is 17.6 Å². The minimum absolute atomic E-state index is 0.319. The SMILES string of the molecule is CCOc1cc(-c2ccc(N3CCC(CN4CCNCC4)(NC(=O)C4(F)CC4)CC3)nc2)c2c(C#N)cnn2c1. The maximum Gasteiger partial charge on any atom is 0.258 e. The number of nitrogens with zero attached hydrogens (tertiary/aromatic N) is 6. The summed E-state index contributed by atoms with van der Waals surface area (Å²) in [4.78, 5) is 22.2. The number of piperazine rings is 1. The quantitative estimate of drug-likeness (QED) is 0.444. The van der Waals surface area contributed by atoms with E-state index < -0.39 is 17.1 Å². The fourth-order valence-corrected chi connectivity index (χ4v) is 5.85. The lowest BCUT2D eigenvalue weighted by Crippen LogP contribution is -2.63. The number of carbonyl (C=O) groups is 1. The minimum atomic E-state index is -1.68. The third-order valence-corrected chi connectivity index (χ3v) is 8.33. The lowest BCUT2D eigenvalue weighted by atomic mass is 9.86. The molecule has 3 aromatic heterocycles. The highest BCUT2D eigenvalue weighted by Gasteiger charge is 2.53. The van der Waals surface area contributed by atoms with Crippen LogP contribution in [-0.4, -0.2) is 89.0 Å². The highest BCUT2D eigenvalue weighted by molar-refractivity contribution is 5.88. The number of anilines is 1. The van der Waals surface area contributed by atoms with Crippen molar-refractivity contribution in [1.29, 1.82) is 5.26 Å². The van der Waals surface area contributed by atoms with E-state index >= 15 is 0 Å². The van der Waals surface area contributed by atoms with E-state index in [-0.39, 0.29) is 0 Å². The monoisotopic (exact) mass is 546 g/mol. The van der Waals surface area contributed by atoms with Crippen molar-refractivity contribution in [1.82, 2.24) is 30.1 Å². The fraction of sp³-hybridized carbons (Fsp3) is 0.517. The second kappa shape index (κ2) is 10.7. The molecule has 2 saturated heterocycles. The zero-order chi connectivity index (χ0) is 27.7. The first kappa shape index (κ1) is 26.5. The molecule has 0 spiro atoms. The summed E-state index contributed by atoms with van der Waals surface area (Å²) in [5.74, 6) is 1.07. The van der Waals surface area contributed by atoms with Crippen molar-refractivity contribution >= 4 is 17.2 Å². The number of carbonyl (C=O) groups excluding carboxylic acids is 1. The zero-order valence-electron chi connectivity index (χ0n) is 22.8. The molecule has 1 amide bonds. The van der Waals surface area contributed by atoms with Gasteiger partial charge in [-0.2, -0.15) is 10.4 Å². The number of amides is 1. The number of piperidine rings is 1. The maximum absolute atomic E-state index is 14.6. The second-order valence-electron chi connectivity index (χ2n) is 11.1. The summed E-state index contributed by atoms with van der Waals surface area (Å²) in [5.41, 5.74) is 0.762. The number of aromatic nitrogens is 3. The normalized spacial score (nSPS) is 20.2. The molecule has 3 aliphatic rings. The van der Waals surface area contributed by atoms with E-state index in [9.17, 15) is 14.4 Å². The minimum Gasteiger partial charge on any atom is -0.492 e. The first-order chi connectivity index (χ1) is 19.4. The van der Waals surface area contributed by atoms with Gasteiger partial charge in [-0.15, -0.1) is 0 Å². The van der Waals surface area contributed by atoms with Crippen molar-refractivity contribution in [2.24, 2.45) is 0 Å². The molecule has 0 bridgehead atoms. The van der Waals surface area contributed by atoms with Crippen molar-refractivity contribution < 1.29 is 13.9 Å². The highest BCUT2D eigenvalue weighted by Crippen LogP contribution is 2.41. The summed E-state index contributed by atoms with van der Waals surface area (Å²) >= 11 is 0. The summed E-state index contributed by atoms with van der Waals surface area (Å²) in [6.45, 7) is 8.30. The van der Waals surface area contributed by atoms with Crippen LogP contribution in [0.3, 0.4) is 0 Å². The van der Waals surface area contributed by atoms with E-state index in [1.807, 2.05) is 31.3 Å². The van der Waals surface area contributed by atoms with Crippen LogP contribution in [0.4, 0.5) is 10.2 Å². The van der Waals surface area contributed by atoms with E-state index in [0.717, 1.165) is 62.5 Å². The van der Waals surface area contributed by atoms with Gasteiger partial charge >= 0.3 is 0 Å². The molecule has 3 fully saturated rings. The van der Waals surface area contributed by atoms with Gasteiger partial charge in [0.2, 0.25) is 0 Å². The number of pyridine rings is 2. The highest BCUT2D eigenvalue weighted by atomic mass is 19.1. The van der Waals surface area contributed by atoms with Crippen molar-refractivity contribution in [2.45, 2.75) is 43.8 Å². The molecule has 3 aromatic rings. The third kappa shape index (κ3) is 5.21. The van der Waals surface area contributed by atoms with E-state index in [4.69, 9.17) is 9.72 Å². The summed E-state index contributed by atoms with van der Waals surface area (Å²) in [6, 6.07) is 8.14. The molecule has 5 heterocycles. The molecule has 0 radical (unpaired) electrons. The molecule has 1 aliphatic carbocycles. The van der Waals surface area contributed by atoms with Crippen LogP contribution >= 0.6 is 0 Å². The number of fused-ring (bicyclic) bond motifs is 1. The lowest BCUT2D eigenvalue weighted by Gasteiger charge is -2.46. The van der Waals surface area contributed by atoms with Gasteiger partial charge in [0.25, 0.3) is 5.91 Å². The smallest absolute Gasteiger partial charge is 0.258 e. The van der Waals surface area contributed by atoms with Gasteiger partial charge in [-0.05, 0) is 50.8 Å². The van der Waals surface area contributed by atoms with Gasteiger partial charge in [0, 0.05) is 63.1 Å². The van der Waals surface area contributed by atoms with Crippen LogP contribution in [0.5, 0.6) is 5.75 Å². The van der Waals surface area contributed by atoms with Crippen molar-refractivity contribution in [3.8, 4) is 22.9 Å².